The summed E-state index contributed by atoms with van der Waals surface area (Å²) in [5, 5.41) is 20.8. The van der Waals surface area contributed by atoms with Crippen molar-refractivity contribution in [2.75, 3.05) is 25.2 Å². The van der Waals surface area contributed by atoms with Crippen molar-refractivity contribution in [3.8, 4) is 5.75 Å². The second kappa shape index (κ2) is 11.4. The van der Waals surface area contributed by atoms with Crippen LogP contribution in [0.1, 0.15) is 24.8 Å². The molecule has 1 aromatic carbocycles. The lowest BCUT2D eigenvalue weighted by Crippen LogP contribution is -2.55. The van der Waals surface area contributed by atoms with E-state index in [1.54, 1.807) is 68.8 Å². The molecule has 1 atom stereocenters. The number of carbonyl (C=O) groups excluding carboxylic acids is 2. The summed E-state index contributed by atoms with van der Waals surface area (Å²) in [6.07, 6.45) is 3.17. The van der Waals surface area contributed by atoms with E-state index in [1.807, 2.05) is 0 Å². The van der Waals surface area contributed by atoms with Gasteiger partial charge in [-0.3, -0.25) is 9.59 Å². The average Bonchev–Trinajstić information content (AvgIpc) is 3.33. The fourth-order valence-electron chi connectivity index (χ4n) is 3.24. The van der Waals surface area contributed by atoms with Gasteiger partial charge in [-0.25, -0.2) is 4.79 Å². The highest BCUT2D eigenvalue weighted by Crippen LogP contribution is 2.35. The molecule has 176 valence electrons. The summed E-state index contributed by atoms with van der Waals surface area (Å²) in [6.45, 7) is 6.69. The second-order valence-corrected chi connectivity index (χ2v) is 8.68. The van der Waals surface area contributed by atoms with Crippen LogP contribution in [0, 0.1) is 0 Å². The summed E-state index contributed by atoms with van der Waals surface area (Å²) >= 11 is 1.28. The zero-order valence-electron chi connectivity index (χ0n) is 18.8. The Kier molecular flexibility index (Phi) is 8.95. The fraction of sp³-hybridized carbons (Fsp3) is 0.292. The molecule has 0 bridgehead atoms. The van der Waals surface area contributed by atoms with Crippen molar-refractivity contribution in [3.63, 3.8) is 0 Å². The number of aliphatic hydroxyl groups is 1. The third kappa shape index (κ3) is 6.30. The van der Waals surface area contributed by atoms with E-state index in [0.717, 1.165) is 6.08 Å². The molecule has 2 aromatic rings. The maximum atomic E-state index is 14.0. The predicted octanol–water partition coefficient (Wildman–Crippen LogP) is 3.26. The summed E-state index contributed by atoms with van der Waals surface area (Å²) in [5.41, 5.74) is -0.609. The summed E-state index contributed by atoms with van der Waals surface area (Å²) in [7, 11) is 1.54. The Labute approximate surface area is 197 Å². The molecule has 0 aliphatic carbocycles. The zero-order valence-corrected chi connectivity index (χ0v) is 19.6. The highest BCUT2D eigenvalue weighted by molar-refractivity contribution is 7.10. The van der Waals surface area contributed by atoms with E-state index in [4.69, 9.17) is 9.84 Å². The molecular formula is C24H28N2O6S. The van der Waals surface area contributed by atoms with Crippen molar-refractivity contribution in [3.05, 3.63) is 71.5 Å². The first-order valence-electron chi connectivity index (χ1n) is 10.1. The Morgan fingerprint density at radius 1 is 1.18 bits per heavy atom. The average molecular weight is 473 g/mol. The van der Waals surface area contributed by atoms with Gasteiger partial charge in [0.15, 0.2) is 0 Å². The van der Waals surface area contributed by atoms with Crippen LogP contribution in [-0.2, 0) is 14.4 Å². The maximum absolute atomic E-state index is 14.0. The number of aliphatic hydroxyl groups excluding tert-OH is 1. The van der Waals surface area contributed by atoms with Gasteiger partial charge >= 0.3 is 5.97 Å². The SMILES string of the molecule is C=CCN(C(=O)C(c1cccs1)N(C(=O)/C=C\C(=O)O)C(C)(C)CO)c1ccc(OC)cc1. The number of carboxylic acids is 1. The number of carbonyl (C=O) groups is 3. The molecule has 0 fully saturated rings. The number of carboxylic acid groups (broad SMARTS) is 1. The Morgan fingerprint density at radius 3 is 2.33 bits per heavy atom. The predicted molar refractivity (Wildman–Crippen MR) is 127 cm³/mol. The number of hydrogen-bond donors (Lipinski definition) is 2. The summed E-state index contributed by atoms with van der Waals surface area (Å²) in [4.78, 5) is 41.4. The Morgan fingerprint density at radius 2 is 1.85 bits per heavy atom. The lowest BCUT2D eigenvalue weighted by Gasteiger charge is -2.42. The summed E-state index contributed by atoms with van der Waals surface area (Å²) in [5.74, 6) is -1.81. The minimum absolute atomic E-state index is 0.166. The molecule has 0 spiro atoms. The molecule has 0 aliphatic rings. The van der Waals surface area contributed by atoms with Crippen molar-refractivity contribution >= 4 is 34.8 Å². The van der Waals surface area contributed by atoms with Gasteiger partial charge < -0.3 is 24.7 Å². The van der Waals surface area contributed by atoms with Gasteiger partial charge in [0, 0.05) is 29.3 Å². The van der Waals surface area contributed by atoms with Crippen molar-refractivity contribution in [2.45, 2.75) is 25.4 Å². The molecule has 0 aliphatic heterocycles. The van der Waals surface area contributed by atoms with Crippen LogP contribution in [0.15, 0.2) is 66.6 Å². The number of aliphatic carboxylic acids is 1. The summed E-state index contributed by atoms with van der Waals surface area (Å²) in [6, 6.07) is 9.25. The Balaban J connectivity index is 2.63. The number of ether oxygens (including phenoxy) is 1. The van der Waals surface area contributed by atoms with E-state index in [2.05, 4.69) is 6.58 Å². The molecule has 9 heteroatoms. The van der Waals surface area contributed by atoms with Crippen molar-refractivity contribution in [1.29, 1.82) is 0 Å². The van der Waals surface area contributed by atoms with Crippen LogP contribution in [0.25, 0.3) is 0 Å². The van der Waals surface area contributed by atoms with E-state index >= 15 is 0 Å². The van der Waals surface area contributed by atoms with Crippen molar-refractivity contribution in [2.24, 2.45) is 0 Å². The lowest BCUT2D eigenvalue weighted by molar-refractivity contribution is -0.144. The maximum Gasteiger partial charge on any atom is 0.328 e. The fourth-order valence-corrected chi connectivity index (χ4v) is 4.05. The van der Waals surface area contributed by atoms with Gasteiger partial charge in [-0.2, -0.15) is 0 Å². The smallest absolute Gasteiger partial charge is 0.328 e. The number of anilines is 1. The molecule has 33 heavy (non-hydrogen) atoms. The van der Waals surface area contributed by atoms with Gasteiger partial charge in [0.2, 0.25) is 5.91 Å². The number of nitrogens with zero attached hydrogens (tertiary/aromatic N) is 2. The molecular weight excluding hydrogens is 444 g/mol. The molecule has 1 heterocycles. The first-order valence-corrected chi connectivity index (χ1v) is 11.0. The highest BCUT2D eigenvalue weighted by Gasteiger charge is 2.42. The van der Waals surface area contributed by atoms with Crippen LogP contribution in [0.4, 0.5) is 5.69 Å². The topological polar surface area (TPSA) is 107 Å². The van der Waals surface area contributed by atoms with Crippen LogP contribution < -0.4 is 9.64 Å². The van der Waals surface area contributed by atoms with Crippen LogP contribution in [-0.4, -0.2) is 58.7 Å². The van der Waals surface area contributed by atoms with Crippen LogP contribution in [0.2, 0.25) is 0 Å². The number of methoxy groups -OCH3 is 1. The van der Waals surface area contributed by atoms with Crippen LogP contribution >= 0.6 is 11.3 Å². The molecule has 0 saturated heterocycles. The first-order chi connectivity index (χ1) is 15.7. The number of thiophene rings is 1. The van der Waals surface area contributed by atoms with Crippen molar-refractivity contribution in [1.82, 2.24) is 4.90 Å². The molecule has 0 saturated carbocycles. The first kappa shape index (κ1) is 25.8. The minimum atomic E-state index is -1.30. The molecule has 8 nitrogen and oxygen atoms in total. The Bertz CT molecular complexity index is 998. The lowest BCUT2D eigenvalue weighted by atomic mass is 9.98. The van der Waals surface area contributed by atoms with Gasteiger partial charge in [0.25, 0.3) is 5.91 Å². The van der Waals surface area contributed by atoms with Gasteiger partial charge in [-0.15, -0.1) is 17.9 Å². The third-order valence-electron chi connectivity index (χ3n) is 4.91. The molecule has 2 amide bonds. The van der Waals surface area contributed by atoms with E-state index in [0.29, 0.717) is 22.4 Å². The van der Waals surface area contributed by atoms with E-state index in [1.165, 1.54) is 21.1 Å². The zero-order chi connectivity index (χ0) is 24.6. The Hall–Kier alpha value is -3.43. The van der Waals surface area contributed by atoms with Crippen molar-refractivity contribution < 1.29 is 29.3 Å². The third-order valence-corrected chi connectivity index (χ3v) is 5.84. The standard InChI is InChI=1S/C24H28N2O6S/c1-5-14-25(17-8-10-18(32-4)11-9-17)23(31)22(19-7-6-15-33-19)26(24(2,3)16-27)20(28)12-13-21(29)30/h5-13,15,22,27H,1,14,16H2,2-4H3,(H,29,30)/b13-12-. The highest BCUT2D eigenvalue weighted by atomic mass is 32.1. The van der Waals surface area contributed by atoms with E-state index in [-0.39, 0.29) is 6.54 Å². The number of rotatable bonds is 11. The van der Waals surface area contributed by atoms with Gasteiger partial charge in [0.05, 0.1) is 19.3 Å². The number of hydrogen-bond acceptors (Lipinski definition) is 6. The number of benzene rings is 1. The molecule has 1 unspecified atom stereocenters. The minimum Gasteiger partial charge on any atom is -0.497 e. The molecule has 1 aromatic heterocycles. The van der Waals surface area contributed by atoms with Gasteiger partial charge in [-0.05, 0) is 49.6 Å². The molecule has 0 radical (unpaired) electrons. The van der Waals surface area contributed by atoms with E-state index < -0.39 is 36.0 Å². The molecule has 2 N–H and O–H groups in total. The van der Waals surface area contributed by atoms with Crippen LogP contribution in [0.5, 0.6) is 5.75 Å². The second-order valence-electron chi connectivity index (χ2n) is 7.70. The van der Waals surface area contributed by atoms with Gasteiger partial charge in [0.1, 0.15) is 11.8 Å². The quantitative estimate of drug-likeness (QED) is 0.384. The van der Waals surface area contributed by atoms with E-state index in [9.17, 15) is 19.5 Å². The summed E-state index contributed by atoms with van der Waals surface area (Å²) < 4.78 is 5.19. The van der Waals surface area contributed by atoms with Gasteiger partial charge in [-0.1, -0.05) is 12.1 Å². The molecule has 2 rings (SSSR count). The van der Waals surface area contributed by atoms with Crippen LogP contribution in [0.3, 0.4) is 0 Å². The normalized spacial score (nSPS) is 12.2. The number of amides is 2. The monoisotopic (exact) mass is 472 g/mol. The largest absolute Gasteiger partial charge is 0.497 e.